The van der Waals surface area contributed by atoms with Crippen LogP contribution >= 0.6 is 0 Å². The molecule has 0 spiro atoms. The maximum absolute atomic E-state index is 10.2. The number of ether oxygens (including phenoxy) is 1. The van der Waals surface area contributed by atoms with Gasteiger partial charge in [-0.3, -0.25) is 0 Å². The van der Waals surface area contributed by atoms with Gasteiger partial charge >= 0.3 is 0 Å². The molecule has 1 N–H and O–H groups in total. The lowest BCUT2D eigenvalue weighted by Gasteiger charge is -2.23. The largest absolute Gasteiger partial charge is 0.390 e. The highest BCUT2D eigenvalue weighted by Gasteiger charge is 2.18. The molecule has 2 unspecified atom stereocenters. The highest BCUT2D eigenvalue weighted by molar-refractivity contribution is 4.90. The van der Waals surface area contributed by atoms with Gasteiger partial charge in [-0.05, 0) is 44.9 Å². The second-order valence-corrected chi connectivity index (χ2v) is 5.36. The summed E-state index contributed by atoms with van der Waals surface area (Å²) in [6, 6.07) is 0. The number of hydrogen-bond donors (Lipinski definition) is 1. The highest BCUT2D eigenvalue weighted by Crippen LogP contribution is 2.15. The van der Waals surface area contributed by atoms with E-state index in [0.717, 1.165) is 51.6 Å². The first kappa shape index (κ1) is 16.5. The molecule has 0 aromatic heterocycles. The summed E-state index contributed by atoms with van der Waals surface area (Å²) < 4.78 is 5.89. The Labute approximate surface area is 118 Å². The van der Waals surface area contributed by atoms with Crippen LogP contribution in [-0.4, -0.2) is 23.9 Å². The Bertz CT molecular complexity index is 258. The van der Waals surface area contributed by atoms with Crippen molar-refractivity contribution in [3.8, 4) is 0 Å². The van der Waals surface area contributed by atoms with Gasteiger partial charge in [0.25, 0.3) is 0 Å². The molecule has 1 aliphatic rings. The van der Waals surface area contributed by atoms with Gasteiger partial charge in [-0.2, -0.15) is 0 Å². The van der Waals surface area contributed by atoms with Gasteiger partial charge in [0.2, 0.25) is 0 Å². The molecule has 2 heteroatoms. The summed E-state index contributed by atoms with van der Waals surface area (Å²) in [6.45, 7) is 2.98. The molecule has 0 amide bonds. The minimum Gasteiger partial charge on any atom is -0.390 e. The van der Waals surface area contributed by atoms with E-state index in [-0.39, 0.29) is 12.2 Å². The van der Waals surface area contributed by atoms with E-state index in [1.165, 1.54) is 12.8 Å². The van der Waals surface area contributed by atoms with Crippen LogP contribution in [0.25, 0.3) is 0 Å². The fraction of sp³-hybridized carbons (Fsp3) is 0.765. The lowest BCUT2D eigenvalue weighted by molar-refractivity contribution is -0.0445. The monoisotopic (exact) mass is 266 g/mol. The van der Waals surface area contributed by atoms with Crippen molar-refractivity contribution < 1.29 is 9.84 Å². The summed E-state index contributed by atoms with van der Waals surface area (Å²) in [7, 11) is 0. The van der Waals surface area contributed by atoms with Crippen molar-refractivity contribution in [3.63, 3.8) is 0 Å². The lowest BCUT2D eigenvalue weighted by atomic mass is 10.0. The van der Waals surface area contributed by atoms with E-state index < -0.39 is 0 Å². The molecule has 1 rings (SSSR count). The molecule has 2 atom stereocenters. The van der Waals surface area contributed by atoms with Gasteiger partial charge in [0, 0.05) is 6.61 Å². The maximum atomic E-state index is 10.2. The fourth-order valence-corrected chi connectivity index (χ4v) is 2.35. The molecule has 0 aromatic carbocycles. The minimum atomic E-state index is -0.320. The molecule has 0 radical (unpaired) electrons. The van der Waals surface area contributed by atoms with E-state index in [1.807, 2.05) is 0 Å². The lowest BCUT2D eigenvalue weighted by Crippen LogP contribution is -2.29. The van der Waals surface area contributed by atoms with E-state index in [1.54, 1.807) is 0 Å². The predicted octanol–water partition coefficient (Wildman–Crippen LogP) is 4.39. The van der Waals surface area contributed by atoms with Crippen LogP contribution < -0.4 is 0 Å². The number of hydrogen-bond acceptors (Lipinski definition) is 2. The van der Waals surface area contributed by atoms with Crippen molar-refractivity contribution in [2.24, 2.45) is 0 Å². The molecule has 0 saturated heterocycles. The molecule has 0 saturated carbocycles. The van der Waals surface area contributed by atoms with E-state index in [0.29, 0.717) is 0 Å². The molecule has 0 aliphatic heterocycles. The Morgan fingerprint density at radius 3 is 2.26 bits per heavy atom. The van der Waals surface area contributed by atoms with Crippen LogP contribution in [0.5, 0.6) is 0 Å². The van der Waals surface area contributed by atoms with Gasteiger partial charge in [0.1, 0.15) is 0 Å². The van der Waals surface area contributed by atoms with Crippen molar-refractivity contribution in [3.05, 3.63) is 24.3 Å². The fourth-order valence-electron chi connectivity index (χ4n) is 2.35. The summed E-state index contributed by atoms with van der Waals surface area (Å²) in [5.74, 6) is 0. The topological polar surface area (TPSA) is 29.5 Å². The Kier molecular flexibility index (Phi) is 9.74. The average Bonchev–Trinajstić information content (AvgIpc) is 2.41. The van der Waals surface area contributed by atoms with E-state index in [9.17, 15) is 5.11 Å². The van der Waals surface area contributed by atoms with Gasteiger partial charge < -0.3 is 9.84 Å². The number of aliphatic hydroxyl groups is 1. The van der Waals surface area contributed by atoms with Gasteiger partial charge in [0.15, 0.2) is 0 Å². The maximum Gasteiger partial charge on any atom is 0.0836 e. The summed E-state index contributed by atoms with van der Waals surface area (Å²) in [5, 5.41) is 10.2. The first-order chi connectivity index (χ1) is 9.34. The molecule has 0 bridgehead atoms. The smallest absolute Gasteiger partial charge is 0.0836 e. The third-order valence-electron chi connectivity index (χ3n) is 3.59. The number of rotatable bonds is 5. The number of allylic oxidation sites excluding steroid dienone is 4. The number of unbranched alkanes of at least 4 members (excludes halogenated alkanes) is 2. The summed E-state index contributed by atoms with van der Waals surface area (Å²) in [6.07, 6.45) is 18.1. The zero-order valence-corrected chi connectivity index (χ0v) is 12.4. The predicted molar refractivity (Wildman–Crippen MR) is 81.3 cm³/mol. The highest BCUT2D eigenvalue weighted by atomic mass is 16.5. The Morgan fingerprint density at radius 1 is 0.947 bits per heavy atom. The van der Waals surface area contributed by atoms with E-state index in [4.69, 9.17) is 4.74 Å². The molecule has 0 fully saturated rings. The van der Waals surface area contributed by atoms with Crippen LogP contribution in [0.2, 0.25) is 0 Å². The Morgan fingerprint density at radius 2 is 1.58 bits per heavy atom. The van der Waals surface area contributed by atoms with Gasteiger partial charge in [0.05, 0.1) is 12.2 Å². The van der Waals surface area contributed by atoms with Crippen LogP contribution in [0.3, 0.4) is 0 Å². The average molecular weight is 266 g/mol. The number of aliphatic hydroxyl groups excluding tert-OH is 1. The third-order valence-corrected chi connectivity index (χ3v) is 3.59. The minimum absolute atomic E-state index is 0.00864. The first-order valence-corrected chi connectivity index (χ1v) is 7.94. The molecule has 0 aromatic rings. The van der Waals surface area contributed by atoms with Crippen molar-refractivity contribution in [1.29, 1.82) is 0 Å². The van der Waals surface area contributed by atoms with Crippen LogP contribution in [-0.2, 0) is 4.74 Å². The second kappa shape index (κ2) is 11.2. The zero-order chi connectivity index (χ0) is 13.8. The summed E-state index contributed by atoms with van der Waals surface area (Å²) >= 11 is 0. The van der Waals surface area contributed by atoms with Crippen molar-refractivity contribution in [1.82, 2.24) is 0 Å². The molecule has 110 valence electrons. The quantitative estimate of drug-likeness (QED) is 0.591. The van der Waals surface area contributed by atoms with Crippen molar-refractivity contribution in [2.75, 3.05) is 6.61 Å². The molecular weight excluding hydrogens is 236 g/mol. The first-order valence-electron chi connectivity index (χ1n) is 7.94. The molecule has 1 aliphatic carbocycles. The SMILES string of the molecule is CCCCCOC1CCC=CCCC=CCCC1O. The van der Waals surface area contributed by atoms with Crippen LogP contribution in [0.15, 0.2) is 24.3 Å². The van der Waals surface area contributed by atoms with Crippen molar-refractivity contribution >= 4 is 0 Å². The molecule has 19 heavy (non-hydrogen) atoms. The zero-order valence-electron chi connectivity index (χ0n) is 12.4. The summed E-state index contributed by atoms with van der Waals surface area (Å²) in [5.41, 5.74) is 0. The summed E-state index contributed by atoms with van der Waals surface area (Å²) in [4.78, 5) is 0. The van der Waals surface area contributed by atoms with Crippen LogP contribution in [0, 0.1) is 0 Å². The van der Waals surface area contributed by atoms with Gasteiger partial charge in [-0.15, -0.1) is 0 Å². The van der Waals surface area contributed by atoms with Crippen molar-refractivity contribution in [2.45, 2.75) is 76.9 Å². The van der Waals surface area contributed by atoms with Gasteiger partial charge in [-0.25, -0.2) is 0 Å². The van der Waals surface area contributed by atoms with Crippen LogP contribution in [0.4, 0.5) is 0 Å². The Balaban J connectivity index is 2.38. The molecule has 2 nitrogen and oxygen atoms in total. The normalized spacial score (nSPS) is 25.8. The van der Waals surface area contributed by atoms with Crippen LogP contribution in [0.1, 0.15) is 64.7 Å². The molecular formula is C17H30O2. The van der Waals surface area contributed by atoms with E-state index >= 15 is 0 Å². The Hall–Kier alpha value is -0.600. The van der Waals surface area contributed by atoms with Gasteiger partial charge in [-0.1, -0.05) is 44.1 Å². The third kappa shape index (κ3) is 8.22. The van der Waals surface area contributed by atoms with E-state index in [2.05, 4.69) is 31.2 Å². The molecule has 0 heterocycles. The second-order valence-electron chi connectivity index (χ2n) is 5.36. The standard InChI is InChI=1S/C17H30O2/c1-2-3-12-15-19-17-14-11-9-7-5-4-6-8-10-13-16(17)18/h6-9,16-18H,2-5,10-15H2,1H3.